The normalized spacial score (nSPS) is 12.1. The predicted octanol–water partition coefficient (Wildman–Crippen LogP) is 2.97. The molecule has 0 amide bonds. The maximum absolute atomic E-state index is 12.2. The van der Waals surface area contributed by atoms with E-state index >= 15 is 0 Å². The van der Waals surface area contributed by atoms with Gasteiger partial charge in [0.2, 0.25) is 10.0 Å². The van der Waals surface area contributed by atoms with Crippen LogP contribution in [-0.4, -0.2) is 69.7 Å². The molecule has 0 aliphatic carbocycles. The average molecular weight is 548 g/mol. The maximum atomic E-state index is 12.2. The Morgan fingerprint density at radius 2 is 1.83 bits per heavy atom. The van der Waals surface area contributed by atoms with Gasteiger partial charge in [-0.05, 0) is 38.0 Å². The van der Waals surface area contributed by atoms with Gasteiger partial charge < -0.3 is 15.0 Å². The van der Waals surface area contributed by atoms with Gasteiger partial charge in [0, 0.05) is 40.3 Å². The van der Waals surface area contributed by atoms with E-state index in [1.165, 1.54) is 16.4 Å². The lowest BCUT2D eigenvalue weighted by Crippen LogP contribution is -2.38. The second kappa shape index (κ2) is 13.9. The molecule has 1 rings (SSSR count). The summed E-state index contributed by atoms with van der Waals surface area (Å²) in [4.78, 5) is 6.45. The van der Waals surface area contributed by atoms with Gasteiger partial charge in [-0.3, -0.25) is 4.99 Å². The molecule has 0 aliphatic rings. The van der Waals surface area contributed by atoms with Gasteiger partial charge in [0.15, 0.2) is 5.96 Å². The van der Waals surface area contributed by atoms with Crippen molar-refractivity contribution in [1.82, 2.24) is 14.5 Å². The molecule has 0 atom stereocenters. The number of guanidine groups is 1. The van der Waals surface area contributed by atoms with Crippen molar-refractivity contribution in [2.45, 2.75) is 33.4 Å². The van der Waals surface area contributed by atoms with Crippen LogP contribution in [0.5, 0.6) is 5.75 Å². The van der Waals surface area contributed by atoms with Crippen LogP contribution in [0.25, 0.3) is 0 Å². The van der Waals surface area contributed by atoms with Gasteiger partial charge in [0.1, 0.15) is 5.75 Å². The number of ether oxygens (including phenoxy) is 1. The van der Waals surface area contributed by atoms with Crippen molar-refractivity contribution in [1.29, 1.82) is 0 Å². The smallest absolute Gasteiger partial charge is 0.387 e. The van der Waals surface area contributed by atoms with E-state index in [-0.39, 0.29) is 35.5 Å². The molecular weight excluding hydrogens is 517 g/mol. The Bertz CT molecular complexity index is 718. The van der Waals surface area contributed by atoms with Gasteiger partial charge in [0.25, 0.3) is 0 Å². The molecule has 1 aromatic carbocycles. The molecule has 0 bridgehead atoms. The number of nitrogens with zero attached hydrogens (tertiary/aromatic N) is 3. The van der Waals surface area contributed by atoms with Crippen molar-refractivity contribution in [3.05, 3.63) is 29.8 Å². The minimum atomic E-state index is -3.18. The van der Waals surface area contributed by atoms with Gasteiger partial charge in [-0.15, -0.1) is 24.0 Å². The maximum Gasteiger partial charge on any atom is 0.387 e. The second-order valence-electron chi connectivity index (χ2n) is 6.19. The highest BCUT2D eigenvalue weighted by atomic mass is 127. The third-order valence-corrected chi connectivity index (χ3v) is 5.86. The van der Waals surface area contributed by atoms with Crippen molar-refractivity contribution in [3.8, 4) is 5.75 Å². The summed E-state index contributed by atoms with van der Waals surface area (Å²) in [6.07, 6.45) is 0.609. The fourth-order valence-electron chi connectivity index (χ4n) is 2.43. The molecule has 29 heavy (non-hydrogen) atoms. The number of alkyl halides is 2. The van der Waals surface area contributed by atoms with Crippen molar-refractivity contribution in [2.24, 2.45) is 4.99 Å². The summed E-state index contributed by atoms with van der Waals surface area (Å²) in [5.74, 6) is 0.892. The van der Waals surface area contributed by atoms with Gasteiger partial charge in [-0.1, -0.05) is 12.1 Å². The van der Waals surface area contributed by atoms with E-state index in [2.05, 4.69) is 15.0 Å². The number of rotatable bonds is 11. The summed E-state index contributed by atoms with van der Waals surface area (Å²) in [7, 11) is 0.269. The van der Waals surface area contributed by atoms with E-state index in [0.29, 0.717) is 38.6 Å². The Labute approximate surface area is 189 Å². The molecule has 0 radical (unpaired) electrons. The fourth-order valence-corrected chi connectivity index (χ4v) is 3.28. The number of halogens is 3. The first kappa shape index (κ1) is 27.8. The molecule has 1 aromatic rings. The second-order valence-corrected chi connectivity index (χ2v) is 8.55. The monoisotopic (exact) mass is 548 g/mol. The molecule has 0 heterocycles. The van der Waals surface area contributed by atoms with E-state index in [1.807, 2.05) is 18.9 Å². The molecular formula is C18H31F2IN4O3S. The molecule has 11 heteroatoms. The van der Waals surface area contributed by atoms with Crippen LogP contribution in [0, 0.1) is 0 Å². The topological polar surface area (TPSA) is 74.2 Å². The summed E-state index contributed by atoms with van der Waals surface area (Å²) >= 11 is 0. The van der Waals surface area contributed by atoms with Crippen LogP contribution in [0.2, 0.25) is 0 Å². The van der Waals surface area contributed by atoms with Gasteiger partial charge in [-0.2, -0.15) is 8.78 Å². The number of sulfonamides is 1. The van der Waals surface area contributed by atoms with Crippen molar-refractivity contribution >= 4 is 40.0 Å². The molecule has 1 N–H and O–H groups in total. The zero-order valence-corrected chi connectivity index (χ0v) is 20.4. The zero-order chi connectivity index (χ0) is 21.2. The number of hydrogen-bond acceptors (Lipinski definition) is 4. The summed E-state index contributed by atoms with van der Waals surface area (Å²) in [5.41, 5.74) is 0.920. The fraction of sp³-hybridized carbons (Fsp3) is 0.611. The molecule has 0 saturated carbocycles. The number of aliphatic imine (C=N–C) groups is 1. The van der Waals surface area contributed by atoms with Crippen LogP contribution in [0.1, 0.15) is 25.8 Å². The lowest BCUT2D eigenvalue weighted by atomic mass is 10.2. The van der Waals surface area contributed by atoms with Crippen LogP contribution in [0.15, 0.2) is 29.3 Å². The Hall–Kier alpha value is -1.21. The Morgan fingerprint density at radius 3 is 2.34 bits per heavy atom. The number of benzene rings is 1. The molecule has 168 valence electrons. The third kappa shape index (κ3) is 10.4. The third-order valence-electron chi connectivity index (χ3n) is 4.00. The standard InChI is InChI=1S/C18H30F2N4O3S.HI/c1-5-21-18(22-12-7-13-24(4)28(25,26)6-2)23(3)14-15-8-10-16(11-9-15)27-17(19)20;/h8-11,17H,5-7,12-14H2,1-4H3,(H,21,22);1H. The van der Waals surface area contributed by atoms with Gasteiger partial charge >= 0.3 is 6.61 Å². The number of hydrogen-bond donors (Lipinski definition) is 1. The predicted molar refractivity (Wildman–Crippen MR) is 123 cm³/mol. The van der Waals surface area contributed by atoms with Crippen molar-refractivity contribution in [3.63, 3.8) is 0 Å². The van der Waals surface area contributed by atoms with E-state index in [1.54, 1.807) is 26.1 Å². The van der Waals surface area contributed by atoms with Crippen molar-refractivity contribution < 1.29 is 21.9 Å². The first-order chi connectivity index (χ1) is 13.2. The van der Waals surface area contributed by atoms with Crippen LogP contribution in [-0.2, 0) is 16.6 Å². The molecule has 0 fully saturated rings. The first-order valence-corrected chi connectivity index (χ1v) is 10.8. The van der Waals surface area contributed by atoms with Crippen LogP contribution < -0.4 is 10.1 Å². The van der Waals surface area contributed by atoms with Crippen LogP contribution >= 0.6 is 24.0 Å². The lowest BCUT2D eigenvalue weighted by Gasteiger charge is -2.22. The SMILES string of the molecule is CCNC(=NCCCN(C)S(=O)(=O)CC)N(C)Cc1ccc(OC(F)F)cc1.I. The molecule has 0 spiro atoms. The first-order valence-electron chi connectivity index (χ1n) is 9.16. The lowest BCUT2D eigenvalue weighted by molar-refractivity contribution is -0.0498. The Balaban J connectivity index is 0.00000784. The zero-order valence-electron chi connectivity index (χ0n) is 17.3. The molecule has 0 aromatic heterocycles. The molecule has 0 aliphatic heterocycles. The van der Waals surface area contributed by atoms with Gasteiger partial charge in [-0.25, -0.2) is 12.7 Å². The number of nitrogens with one attached hydrogen (secondary N) is 1. The summed E-state index contributed by atoms with van der Waals surface area (Å²) in [6.45, 7) is 2.86. The highest BCUT2D eigenvalue weighted by Crippen LogP contribution is 2.15. The van der Waals surface area contributed by atoms with Crippen LogP contribution in [0.4, 0.5) is 8.78 Å². The quantitative estimate of drug-likeness (QED) is 0.199. The van der Waals surface area contributed by atoms with E-state index in [4.69, 9.17) is 0 Å². The molecule has 7 nitrogen and oxygen atoms in total. The Kier molecular flexibility index (Phi) is 13.3. The van der Waals surface area contributed by atoms with Gasteiger partial charge in [0.05, 0.1) is 5.75 Å². The average Bonchev–Trinajstić information content (AvgIpc) is 2.65. The highest BCUT2D eigenvalue weighted by molar-refractivity contribution is 14.0. The minimum Gasteiger partial charge on any atom is -0.435 e. The molecule has 0 unspecified atom stereocenters. The van der Waals surface area contributed by atoms with E-state index in [0.717, 1.165) is 5.56 Å². The Morgan fingerprint density at radius 1 is 1.21 bits per heavy atom. The minimum absolute atomic E-state index is 0. The largest absolute Gasteiger partial charge is 0.435 e. The summed E-state index contributed by atoms with van der Waals surface area (Å²) in [6, 6.07) is 6.46. The summed E-state index contributed by atoms with van der Waals surface area (Å²) in [5, 5.41) is 3.19. The van der Waals surface area contributed by atoms with E-state index in [9.17, 15) is 17.2 Å². The van der Waals surface area contributed by atoms with Crippen LogP contribution in [0.3, 0.4) is 0 Å². The highest BCUT2D eigenvalue weighted by Gasteiger charge is 2.14. The van der Waals surface area contributed by atoms with E-state index < -0.39 is 16.6 Å². The van der Waals surface area contributed by atoms with Crippen molar-refractivity contribution in [2.75, 3.05) is 39.5 Å². The molecule has 0 saturated heterocycles. The summed E-state index contributed by atoms with van der Waals surface area (Å²) < 4.78 is 53.6.